The Morgan fingerprint density at radius 1 is 1.67 bits per heavy atom. The molecule has 1 aromatic carbocycles. The largest absolute Gasteiger partial charge is 0.398 e. The van der Waals surface area contributed by atoms with E-state index in [-0.39, 0.29) is 21.8 Å². The van der Waals surface area contributed by atoms with Gasteiger partial charge >= 0.3 is 0 Å². The minimum atomic E-state index is -0.570. The number of hydrogen-bond acceptors (Lipinski definition) is 2. The van der Waals surface area contributed by atoms with Crippen LogP contribution in [0.3, 0.4) is 0 Å². The lowest BCUT2D eigenvalue weighted by molar-refractivity contribution is 0.112. The Morgan fingerprint density at radius 2 is 2.25 bits per heavy atom. The van der Waals surface area contributed by atoms with Crippen LogP contribution in [0.2, 0.25) is 5.02 Å². The van der Waals surface area contributed by atoms with Crippen LogP contribution in [0.4, 0.5) is 10.1 Å². The van der Waals surface area contributed by atoms with Gasteiger partial charge in [-0.25, -0.2) is 4.39 Å². The Morgan fingerprint density at radius 3 is 2.75 bits per heavy atom. The molecule has 0 bridgehead atoms. The van der Waals surface area contributed by atoms with E-state index in [9.17, 15) is 9.18 Å². The highest BCUT2D eigenvalue weighted by Crippen LogP contribution is 2.25. The molecule has 0 amide bonds. The van der Waals surface area contributed by atoms with Crippen LogP contribution >= 0.6 is 11.6 Å². The lowest BCUT2D eigenvalue weighted by Crippen LogP contribution is -1.99. The maximum Gasteiger partial charge on any atom is 0.152 e. The SMILES string of the molecule is Cc1c(N)c(C=O)cc(Cl)c1F. The van der Waals surface area contributed by atoms with Gasteiger partial charge in [0.05, 0.1) is 5.02 Å². The van der Waals surface area contributed by atoms with Gasteiger partial charge in [0, 0.05) is 16.8 Å². The zero-order valence-electron chi connectivity index (χ0n) is 6.40. The van der Waals surface area contributed by atoms with E-state index >= 15 is 0 Å². The molecular weight excluding hydrogens is 181 g/mol. The number of carbonyl (C=O) groups excluding carboxylic acids is 1. The van der Waals surface area contributed by atoms with Crippen LogP contribution in [0, 0.1) is 12.7 Å². The molecule has 0 fully saturated rings. The van der Waals surface area contributed by atoms with Crippen LogP contribution in [-0.4, -0.2) is 6.29 Å². The van der Waals surface area contributed by atoms with Gasteiger partial charge in [0.25, 0.3) is 0 Å². The summed E-state index contributed by atoms with van der Waals surface area (Å²) in [6.07, 6.45) is 0.549. The molecule has 64 valence electrons. The maximum absolute atomic E-state index is 13.0. The highest BCUT2D eigenvalue weighted by Gasteiger charge is 2.10. The van der Waals surface area contributed by atoms with E-state index in [2.05, 4.69) is 0 Å². The third kappa shape index (κ3) is 1.28. The summed E-state index contributed by atoms with van der Waals surface area (Å²) in [6.45, 7) is 1.48. The van der Waals surface area contributed by atoms with Crippen molar-refractivity contribution in [3.8, 4) is 0 Å². The van der Waals surface area contributed by atoms with Gasteiger partial charge in [0.1, 0.15) is 5.82 Å². The molecule has 0 atom stereocenters. The van der Waals surface area contributed by atoms with E-state index < -0.39 is 5.82 Å². The molecule has 12 heavy (non-hydrogen) atoms. The summed E-state index contributed by atoms with van der Waals surface area (Å²) < 4.78 is 13.0. The molecule has 0 aliphatic rings. The van der Waals surface area contributed by atoms with Crippen LogP contribution in [0.5, 0.6) is 0 Å². The molecule has 0 heterocycles. The third-order valence-corrected chi connectivity index (χ3v) is 1.94. The summed E-state index contributed by atoms with van der Waals surface area (Å²) in [7, 11) is 0. The smallest absolute Gasteiger partial charge is 0.152 e. The first-order valence-electron chi connectivity index (χ1n) is 3.27. The van der Waals surface area contributed by atoms with Crippen molar-refractivity contribution < 1.29 is 9.18 Å². The van der Waals surface area contributed by atoms with E-state index in [1.54, 1.807) is 0 Å². The Kier molecular flexibility index (Phi) is 2.33. The third-order valence-electron chi connectivity index (χ3n) is 1.66. The van der Waals surface area contributed by atoms with Crippen molar-refractivity contribution in [2.24, 2.45) is 0 Å². The quantitative estimate of drug-likeness (QED) is 0.541. The number of nitrogen functional groups attached to an aromatic ring is 1. The molecular formula is C8H7ClFNO. The summed E-state index contributed by atoms with van der Waals surface area (Å²) in [5.74, 6) is -0.570. The van der Waals surface area contributed by atoms with Gasteiger partial charge in [0.2, 0.25) is 0 Å². The fourth-order valence-corrected chi connectivity index (χ4v) is 1.15. The second-order valence-electron chi connectivity index (χ2n) is 2.42. The van der Waals surface area contributed by atoms with E-state index in [4.69, 9.17) is 17.3 Å². The molecule has 2 nitrogen and oxygen atoms in total. The second-order valence-corrected chi connectivity index (χ2v) is 2.83. The van der Waals surface area contributed by atoms with E-state index in [1.807, 2.05) is 0 Å². The number of anilines is 1. The Labute approximate surface area is 74.1 Å². The average molecular weight is 188 g/mol. The molecule has 1 aromatic rings. The van der Waals surface area contributed by atoms with Crippen LogP contribution in [-0.2, 0) is 0 Å². The van der Waals surface area contributed by atoms with Crippen molar-refractivity contribution in [2.75, 3.05) is 5.73 Å². The predicted octanol–water partition coefficient (Wildman–Crippen LogP) is 2.18. The first-order chi connectivity index (χ1) is 5.57. The summed E-state index contributed by atoms with van der Waals surface area (Å²) in [6, 6.07) is 1.21. The van der Waals surface area contributed by atoms with Gasteiger partial charge in [-0.3, -0.25) is 4.79 Å². The molecule has 4 heteroatoms. The van der Waals surface area contributed by atoms with Gasteiger partial charge in [0.15, 0.2) is 6.29 Å². The topological polar surface area (TPSA) is 43.1 Å². The number of carbonyl (C=O) groups is 1. The molecule has 0 radical (unpaired) electrons. The van der Waals surface area contributed by atoms with Crippen LogP contribution < -0.4 is 5.73 Å². The standard InChI is InChI=1S/C8H7ClFNO/c1-4-7(10)6(9)2-5(3-12)8(4)11/h2-3H,11H2,1H3. The summed E-state index contributed by atoms with van der Waals surface area (Å²) in [5, 5.41) is -0.0798. The van der Waals surface area contributed by atoms with E-state index in [1.165, 1.54) is 13.0 Å². The second kappa shape index (κ2) is 3.11. The summed E-state index contributed by atoms with van der Waals surface area (Å²) in [4.78, 5) is 10.4. The average Bonchev–Trinajstić information content (AvgIpc) is 2.08. The molecule has 0 saturated heterocycles. The minimum absolute atomic E-state index is 0.0798. The normalized spacial score (nSPS) is 9.92. The molecule has 0 spiro atoms. The van der Waals surface area contributed by atoms with Gasteiger partial charge in [-0.2, -0.15) is 0 Å². The Balaban J connectivity index is 3.49. The molecule has 0 aliphatic carbocycles. The van der Waals surface area contributed by atoms with Gasteiger partial charge in [-0.05, 0) is 13.0 Å². The molecule has 2 N–H and O–H groups in total. The molecule has 0 aliphatic heterocycles. The molecule has 0 saturated carbocycles. The van der Waals surface area contributed by atoms with Crippen molar-refractivity contribution in [1.82, 2.24) is 0 Å². The number of aldehydes is 1. The van der Waals surface area contributed by atoms with Crippen molar-refractivity contribution >= 4 is 23.6 Å². The molecule has 0 unspecified atom stereocenters. The highest BCUT2D eigenvalue weighted by molar-refractivity contribution is 6.31. The van der Waals surface area contributed by atoms with Crippen molar-refractivity contribution in [3.63, 3.8) is 0 Å². The maximum atomic E-state index is 13.0. The van der Waals surface area contributed by atoms with Gasteiger partial charge in [-0.15, -0.1) is 0 Å². The number of hydrogen-bond donors (Lipinski definition) is 1. The minimum Gasteiger partial charge on any atom is -0.398 e. The fraction of sp³-hybridized carbons (Fsp3) is 0.125. The Hall–Kier alpha value is -1.09. The van der Waals surface area contributed by atoms with Gasteiger partial charge in [-0.1, -0.05) is 11.6 Å². The monoisotopic (exact) mass is 187 g/mol. The Bertz CT molecular complexity index is 338. The number of halogens is 2. The number of nitrogens with two attached hydrogens (primary N) is 1. The molecule has 1 rings (SSSR count). The van der Waals surface area contributed by atoms with Gasteiger partial charge < -0.3 is 5.73 Å². The predicted molar refractivity (Wildman–Crippen MR) is 45.9 cm³/mol. The first-order valence-corrected chi connectivity index (χ1v) is 3.65. The van der Waals surface area contributed by atoms with Crippen LogP contribution in [0.15, 0.2) is 6.07 Å². The highest BCUT2D eigenvalue weighted by atomic mass is 35.5. The lowest BCUT2D eigenvalue weighted by atomic mass is 10.1. The van der Waals surface area contributed by atoms with E-state index in [0.717, 1.165) is 0 Å². The van der Waals surface area contributed by atoms with Crippen molar-refractivity contribution in [1.29, 1.82) is 0 Å². The van der Waals surface area contributed by atoms with Crippen LogP contribution in [0.25, 0.3) is 0 Å². The zero-order valence-corrected chi connectivity index (χ0v) is 7.15. The van der Waals surface area contributed by atoms with Crippen LogP contribution in [0.1, 0.15) is 15.9 Å². The summed E-state index contributed by atoms with van der Waals surface area (Å²) >= 11 is 5.48. The fourth-order valence-electron chi connectivity index (χ4n) is 0.889. The molecule has 0 aromatic heterocycles. The lowest BCUT2D eigenvalue weighted by Gasteiger charge is -2.05. The first kappa shape index (κ1) is 9.00. The van der Waals surface area contributed by atoms with Crippen molar-refractivity contribution in [2.45, 2.75) is 6.92 Å². The zero-order chi connectivity index (χ0) is 9.30. The number of rotatable bonds is 1. The number of benzene rings is 1. The van der Waals surface area contributed by atoms with Crippen molar-refractivity contribution in [3.05, 3.63) is 28.0 Å². The van der Waals surface area contributed by atoms with E-state index in [0.29, 0.717) is 6.29 Å². The summed E-state index contributed by atoms with van der Waals surface area (Å²) in [5.41, 5.74) is 6.01.